The summed E-state index contributed by atoms with van der Waals surface area (Å²) in [5, 5.41) is 16.6. The van der Waals surface area contributed by atoms with Crippen LogP contribution in [0.5, 0.6) is 46.0 Å². The average Bonchev–Trinajstić information content (AvgIpc) is 0.671. The number of fused-ring (bicyclic) bond motifs is 2. The molecular weight excluding hydrogens is 1220 g/mol. The van der Waals surface area contributed by atoms with E-state index in [2.05, 4.69) is 83.1 Å². The van der Waals surface area contributed by atoms with Gasteiger partial charge < -0.3 is 33.9 Å². The van der Waals surface area contributed by atoms with E-state index in [0.717, 1.165) is 65.7 Å². The van der Waals surface area contributed by atoms with Crippen molar-refractivity contribution in [3.05, 3.63) is 166 Å². The molecule has 4 aliphatic heterocycles. The summed E-state index contributed by atoms with van der Waals surface area (Å²) in [6, 6.07) is 36.0. The van der Waals surface area contributed by atoms with Crippen molar-refractivity contribution in [1.82, 2.24) is 19.6 Å². The van der Waals surface area contributed by atoms with Gasteiger partial charge in [0.15, 0.2) is 6.23 Å². The standard InChI is InChI=1S/C84H94N4O10/c1-47(2)73(79(93)85-39-19-17-20-40-85)87-75(89)57-43-61(95-53-31-23-49(24-32-53)81(5,6)7)67-69-63(97-55-35-27-51(28-36-55)83(11,12)13)45-59-66-60(78(92)88(77(59)91)74(48(3)4)80(94)86-41-21-18-22-42-86)46-64(98-56-37-29-52(30-38-56)84(14,15)16)70(72(66)69)68-62(44-58(76(87)90)65(57)71(67)68)96-54-33-25-50(26-34-54)82(8,9)10/h23-38,43-48,73-75,89H,17-22,39-42H2,1-16H3. The van der Waals surface area contributed by atoms with Gasteiger partial charge in [0.2, 0.25) is 11.8 Å². The molecule has 2 fully saturated rings. The summed E-state index contributed by atoms with van der Waals surface area (Å²) >= 11 is 0. The molecule has 14 heteroatoms. The van der Waals surface area contributed by atoms with E-state index >= 15 is 24.0 Å². The van der Waals surface area contributed by atoms with E-state index in [1.54, 1.807) is 29.2 Å². The van der Waals surface area contributed by atoms with Crippen LogP contribution in [-0.2, 0) is 31.2 Å². The Morgan fingerprint density at radius 3 is 0.969 bits per heavy atom. The zero-order valence-electron chi connectivity index (χ0n) is 59.9. The number of hydrogen-bond donors (Lipinski definition) is 1. The Labute approximate surface area is 576 Å². The molecule has 1 N–H and O–H groups in total. The summed E-state index contributed by atoms with van der Waals surface area (Å²) in [6.45, 7) is 35.3. The number of ether oxygens (including phenoxy) is 4. The van der Waals surface area contributed by atoms with Crippen molar-refractivity contribution in [1.29, 1.82) is 0 Å². The number of rotatable bonds is 14. The number of likely N-dealkylation sites (tertiary alicyclic amines) is 2. The maximum absolute atomic E-state index is 16.4. The van der Waals surface area contributed by atoms with E-state index in [9.17, 15) is 5.11 Å². The minimum atomic E-state index is -1.69. The number of carbonyl (C=O) groups excluding carboxylic acids is 5. The molecule has 0 aliphatic carbocycles. The molecule has 2 saturated heterocycles. The van der Waals surface area contributed by atoms with Crippen LogP contribution >= 0.6 is 0 Å². The molecule has 9 aromatic rings. The van der Waals surface area contributed by atoms with Gasteiger partial charge in [-0.1, -0.05) is 159 Å². The van der Waals surface area contributed by atoms with Crippen molar-refractivity contribution >= 4 is 72.6 Å². The summed E-state index contributed by atoms with van der Waals surface area (Å²) in [6.07, 6.45) is 3.54. The molecule has 98 heavy (non-hydrogen) atoms. The fraction of sp³-hybridized carbons (Fsp3) is 0.417. The summed E-state index contributed by atoms with van der Waals surface area (Å²) in [4.78, 5) is 85.7. The van der Waals surface area contributed by atoms with Crippen molar-refractivity contribution in [2.75, 3.05) is 26.2 Å². The Bertz CT molecular complexity index is 4490. The highest BCUT2D eigenvalue weighted by molar-refractivity contribution is 6.43. The second-order valence-electron chi connectivity index (χ2n) is 32.5. The van der Waals surface area contributed by atoms with Crippen LogP contribution in [0.25, 0.3) is 43.1 Å². The zero-order chi connectivity index (χ0) is 70.0. The van der Waals surface area contributed by atoms with Crippen LogP contribution < -0.4 is 18.9 Å². The first kappa shape index (κ1) is 67.6. The maximum atomic E-state index is 16.4. The number of carbonyl (C=O) groups is 5. The molecule has 0 radical (unpaired) electrons. The van der Waals surface area contributed by atoms with Crippen molar-refractivity contribution < 1.29 is 48.0 Å². The molecule has 3 unspecified atom stereocenters. The first-order valence-electron chi connectivity index (χ1n) is 35.3. The van der Waals surface area contributed by atoms with Gasteiger partial charge in [0.1, 0.15) is 58.1 Å². The Hall–Kier alpha value is -9.01. The SMILES string of the molecule is CC(C)C(C(=O)N1CCCCC1)N1C(=O)c2cc(Oc3ccc(C(C)(C)C)cc3)c3c4c(Oc5ccc(C(C)(C)C)cc5)cc5c6c(cc(Oc7ccc(C(C)(C)C)cc7)c(c7c(Oc8ccc(C(C)(C)C)cc8)cc(c2c37)C1=O)c64)C(O)N(C(C(=O)N1CCCCC1)C(C)C)C5=O. The third kappa shape index (κ3) is 12.1. The number of imide groups is 1. The second kappa shape index (κ2) is 25.1. The van der Waals surface area contributed by atoms with Gasteiger partial charge >= 0.3 is 0 Å². The molecule has 3 atom stereocenters. The van der Waals surface area contributed by atoms with Gasteiger partial charge in [-0.15, -0.1) is 0 Å². The van der Waals surface area contributed by atoms with Gasteiger partial charge in [-0.3, -0.25) is 33.8 Å². The third-order valence-corrected chi connectivity index (χ3v) is 20.6. The molecule has 4 aliphatic rings. The fourth-order valence-corrected chi connectivity index (χ4v) is 15.1. The predicted molar refractivity (Wildman–Crippen MR) is 388 cm³/mol. The number of piperidine rings is 2. The van der Waals surface area contributed by atoms with Crippen LogP contribution in [0.1, 0.15) is 214 Å². The maximum Gasteiger partial charge on any atom is 0.262 e. The average molecular weight is 1320 g/mol. The number of amides is 5. The van der Waals surface area contributed by atoms with E-state index in [4.69, 9.17) is 18.9 Å². The van der Waals surface area contributed by atoms with Crippen LogP contribution in [0.2, 0.25) is 0 Å². The van der Waals surface area contributed by atoms with Gasteiger partial charge in [-0.2, -0.15) is 0 Å². The lowest BCUT2D eigenvalue weighted by molar-refractivity contribution is -0.143. The summed E-state index contributed by atoms with van der Waals surface area (Å²) in [5.41, 5.74) is 4.08. The van der Waals surface area contributed by atoms with E-state index < -0.39 is 47.9 Å². The molecule has 0 bridgehead atoms. The van der Waals surface area contributed by atoms with Crippen molar-refractivity contribution in [2.45, 2.75) is 189 Å². The molecule has 4 heterocycles. The van der Waals surface area contributed by atoms with Gasteiger partial charge in [-0.25, -0.2) is 0 Å². The smallest absolute Gasteiger partial charge is 0.262 e. The van der Waals surface area contributed by atoms with Gasteiger partial charge in [0.25, 0.3) is 17.7 Å². The predicted octanol–water partition coefficient (Wildman–Crippen LogP) is 19.2. The quantitative estimate of drug-likeness (QED) is 0.0632. The van der Waals surface area contributed by atoms with Crippen LogP contribution in [-0.4, -0.2) is 92.5 Å². The monoisotopic (exact) mass is 1320 g/mol. The molecule has 14 nitrogen and oxygen atoms in total. The van der Waals surface area contributed by atoms with Crippen LogP contribution in [0.3, 0.4) is 0 Å². The second-order valence-corrected chi connectivity index (χ2v) is 32.5. The third-order valence-electron chi connectivity index (χ3n) is 20.6. The topological polar surface area (TPSA) is 155 Å². The van der Waals surface area contributed by atoms with E-state index in [0.29, 0.717) is 97.8 Å². The zero-order valence-corrected chi connectivity index (χ0v) is 59.9. The van der Waals surface area contributed by atoms with Crippen LogP contribution in [0.4, 0.5) is 0 Å². The lowest BCUT2D eigenvalue weighted by atomic mass is 9.79. The Kier molecular flexibility index (Phi) is 17.3. The summed E-state index contributed by atoms with van der Waals surface area (Å²) < 4.78 is 29.6. The van der Waals surface area contributed by atoms with Crippen molar-refractivity contribution in [3.63, 3.8) is 0 Å². The Morgan fingerprint density at radius 1 is 0.378 bits per heavy atom. The highest BCUT2D eigenvalue weighted by Gasteiger charge is 2.48. The lowest BCUT2D eigenvalue weighted by Crippen LogP contribution is -2.57. The van der Waals surface area contributed by atoms with Crippen molar-refractivity contribution in [2.24, 2.45) is 11.8 Å². The number of aliphatic hydroxyl groups excluding tert-OH is 1. The van der Waals surface area contributed by atoms with Crippen molar-refractivity contribution in [3.8, 4) is 46.0 Å². The summed E-state index contributed by atoms with van der Waals surface area (Å²) in [7, 11) is 0. The fourth-order valence-electron chi connectivity index (χ4n) is 15.1. The van der Waals surface area contributed by atoms with Crippen LogP contribution in [0, 0.1) is 11.8 Å². The molecular formula is C84H94N4O10. The molecule has 0 aromatic heterocycles. The van der Waals surface area contributed by atoms with E-state index in [-0.39, 0.29) is 73.2 Å². The lowest BCUT2D eigenvalue weighted by Gasteiger charge is -2.43. The van der Waals surface area contributed by atoms with Gasteiger partial charge in [0, 0.05) is 74.8 Å². The molecule has 510 valence electrons. The number of aliphatic hydroxyl groups is 1. The highest BCUT2D eigenvalue weighted by Crippen LogP contribution is 2.59. The molecule has 5 amide bonds. The molecule has 0 spiro atoms. The summed E-state index contributed by atoms with van der Waals surface area (Å²) in [5.74, 6) is -0.827. The minimum absolute atomic E-state index is 0.118. The minimum Gasteiger partial charge on any atom is -0.457 e. The number of benzene rings is 9. The number of hydrogen-bond acceptors (Lipinski definition) is 10. The Balaban J connectivity index is 1.21. The molecule has 0 saturated carbocycles. The number of nitrogens with zero attached hydrogens (tertiary/aromatic N) is 4. The highest BCUT2D eigenvalue weighted by atomic mass is 16.5. The molecule has 9 aromatic carbocycles. The van der Waals surface area contributed by atoms with E-state index in [1.807, 2.05) is 130 Å². The van der Waals surface area contributed by atoms with E-state index in [1.165, 1.54) is 4.90 Å². The first-order chi connectivity index (χ1) is 46.3. The molecule has 13 rings (SSSR count). The van der Waals surface area contributed by atoms with Crippen LogP contribution in [0.15, 0.2) is 121 Å². The van der Waals surface area contributed by atoms with Gasteiger partial charge in [0.05, 0.1) is 16.7 Å². The first-order valence-corrected chi connectivity index (χ1v) is 35.3. The normalized spacial score (nSPS) is 17.1. The van der Waals surface area contributed by atoms with Gasteiger partial charge in [-0.05, 0) is 167 Å². The Morgan fingerprint density at radius 2 is 0.663 bits per heavy atom. The largest absolute Gasteiger partial charge is 0.457 e.